The van der Waals surface area contributed by atoms with E-state index in [1.165, 1.54) is 18.2 Å². The van der Waals surface area contributed by atoms with Crippen LogP contribution in [-0.2, 0) is 15.7 Å². The molecular weight excluding hydrogens is 465 g/mol. The van der Waals surface area contributed by atoms with Crippen LogP contribution in [0.5, 0.6) is 11.5 Å². The maximum absolute atomic E-state index is 12.8. The van der Waals surface area contributed by atoms with Gasteiger partial charge >= 0.3 is 12.1 Å². The van der Waals surface area contributed by atoms with Crippen molar-refractivity contribution in [3.05, 3.63) is 57.1 Å². The smallest absolute Gasteiger partial charge is 0.416 e. The minimum atomic E-state index is -4.56. The molecule has 0 spiro atoms. The van der Waals surface area contributed by atoms with Crippen LogP contribution >= 0.6 is 23.5 Å². The predicted molar refractivity (Wildman–Crippen MR) is 109 cm³/mol. The molecule has 2 aromatic carbocycles. The highest BCUT2D eigenvalue weighted by molar-refractivity contribution is 8.00. The number of nitro benzene ring substituents is 1. The van der Waals surface area contributed by atoms with Crippen LogP contribution < -0.4 is 9.46 Å². The average Bonchev–Trinajstić information content (AvgIpc) is 2.67. The standard InChI is InChI=1S/C18H16ClF3N2O6S/c1-10(29-8-17(25)26)9-31-23-14-7-12(3-4-15(14)24(27)28)30-16-5-2-11(6-13(16)19)18(20,21)22/h2-7,10,23H,8-9H2,1H3,(H,25,26). The fourth-order valence-electron chi connectivity index (χ4n) is 2.20. The first-order valence-corrected chi connectivity index (χ1v) is 9.88. The summed E-state index contributed by atoms with van der Waals surface area (Å²) in [4.78, 5) is 21.1. The molecule has 31 heavy (non-hydrogen) atoms. The molecule has 2 aromatic rings. The number of carboxylic acid groups (broad SMARTS) is 1. The number of benzene rings is 2. The normalized spacial score (nSPS) is 12.3. The number of carbonyl (C=O) groups is 1. The molecule has 0 fully saturated rings. The van der Waals surface area contributed by atoms with Crippen molar-refractivity contribution in [2.45, 2.75) is 19.2 Å². The molecule has 0 heterocycles. The summed E-state index contributed by atoms with van der Waals surface area (Å²) in [5, 5.41) is 19.6. The Morgan fingerprint density at radius 3 is 2.61 bits per heavy atom. The van der Waals surface area contributed by atoms with E-state index in [2.05, 4.69) is 4.72 Å². The van der Waals surface area contributed by atoms with Gasteiger partial charge in [0.05, 0.1) is 21.6 Å². The van der Waals surface area contributed by atoms with Gasteiger partial charge in [0.25, 0.3) is 5.69 Å². The molecule has 0 bridgehead atoms. The van der Waals surface area contributed by atoms with E-state index in [4.69, 9.17) is 26.2 Å². The quantitative estimate of drug-likeness (QED) is 0.256. The van der Waals surface area contributed by atoms with Crippen LogP contribution in [-0.4, -0.2) is 34.5 Å². The van der Waals surface area contributed by atoms with Crippen molar-refractivity contribution in [3.63, 3.8) is 0 Å². The van der Waals surface area contributed by atoms with Gasteiger partial charge in [0, 0.05) is 17.9 Å². The van der Waals surface area contributed by atoms with Gasteiger partial charge in [0.1, 0.15) is 23.8 Å². The van der Waals surface area contributed by atoms with Crippen molar-refractivity contribution >= 4 is 40.9 Å². The van der Waals surface area contributed by atoms with Gasteiger partial charge < -0.3 is 19.3 Å². The summed E-state index contributed by atoms with van der Waals surface area (Å²) in [5.74, 6) is -0.796. The third-order valence-electron chi connectivity index (χ3n) is 3.64. The molecule has 1 unspecified atom stereocenters. The highest BCUT2D eigenvalue weighted by Gasteiger charge is 2.31. The number of halogens is 4. The topological polar surface area (TPSA) is 111 Å². The van der Waals surface area contributed by atoms with Gasteiger partial charge in [-0.1, -0.05) is 11.6 Å². The molecule has 0 aliphatic heterocycles. The van der Waals surface area contributed by atoms with Crippen LogP contribution in [0.1, 0.15) is 12.5 Å². The van der Waals surface area contributed by atoms with Crippen molar-refractivity contribution in [3.8, 4) is 11.5 Å². The Labute approximate surface area is 183 Å². The lowest BCUT2D eigenvalue weighted by molar-refractivity contribution is -0.383. The highest BCUT2D eigenvalue weighted by atomic mass is 35.5. The molecule has 0 aromatic heterocycles. The molecule has 1 atom stereocenters. The van der Waals surface area contributed by atoms with Gasteiger partial charge in [0.15, 0.2) is 0 Å². The third kappa shape index (κ3) is 7.49. The van der Waals surface area contributed by atoms with E-state index in [0.717, 1.165) is 30.1 Å². The second kappa shape index (κ2) is 10.6. The molecule has 0 amide bonds. The zero-order valence-corrected chi connectivity index (χ0v) is 17.4. The van der Waals surface area contributed by atoms with Crippen LogP contribution in [0.25, 0.3) is 0 Å². The van der Waals surface area contributed by atoms with Crippen molar-refractivity contribution in [2.75, 3.05) is 17.1 Å². The van der Waals surface area contributed by atoms with E-state index in [-0.39, 0.29) is 33.6 Å². The first-order valence-electron chi connectivity index (χ1n) is 8.51. The zero-order valence-electron chi connectivity index (χ0n) is 15.8. The number of hydrogen-bond donors (Lipinski definition) is 2. The molecule has 13 heteroatoms. The minimum Gasteiger partial charge on any atom is -0.480 e. The van der Waals surface area contributed by atoms with Crippen LogP contribution in [0.15, 0.2) is 36.4 Å². The van der Waals surface area contributed by atoms with Crippen LogP contribution in [0.3, 0.4) is 0 Å². The second-order valence-electron chi connectivity index (χ2n) is 6.11. The number of rotatable bonds is 10. The lowest BCUT2D eigenvalue weighted by Gasteiger charge is -2.14. The molecular formula is C18H16ClF3N2O6S. The van der Waals surface area contributed by atoms with Crippen LogP contribution in [0, 0.1) is 10.1 Å². The Balaban J connectivity index is 2.12. The summed E-state index contributed by atoms with van der Waals surface area (Å²) >= 11 is 6.91. The summed E-state index contributed by atoms with van der Waals surface area (Å²) in [6.45, 7) is 1.16. The van der Waals surface area contributed by atoms with E-state index in [9.17, 15) is 28.1 Å². The molecule has 0 saturated carbocycles. The first-order chi connectivity index (χ1) is 14.5. The van der Waals surface area contributed by atoms with Gasteiger partial charge in [-0.2, -0.15) is 13.2 Å². The molecule has 2 N–H and O–H groups in total. The van der Waals surface area contributed by atoms with E-state index >= 15 is 0 Å². The Kier molecular flexibility index (Phi) is 8.36. The third-order valence-corrected chi connectivity index (χ3v) is 4.94. The number of nitrogens with zero attached hydrogens (tertiary/aromatic N) is 1. The Bertz CT molecular complexity index is 960. The molecule has 0 saturated heterocycles. The molecule has 8 nitrogen and oxygen atoms in total. The summed E-state index contributed by atoms with van der Waals surface area (Å²) in [5.41, 5.74) is -1.13. The highest BCUT2D eigenvalue weighted by Crippen LogP contribution is 2.38. The lowest BCUT2D eigenvalue weighted by atomic mass is 10.2. The molecule has 0 aliphatic carbocycles. The summed E-state index contributed by atoms with van der Waals surface area (Å²) in [6.07, 6.45) is -5.01. The number of anilines is 1. The maximum atomic E-state index is 12.8. The van der Waals surface area contributed by atoms with Crippen LogP contribution in [0.4, 0.5) is 24.5 Å². The molecule has 0 aliphatic rings. The zero-order chi connectivity index (χ0) is 23.2. The Hall–Kier alpha value is -2.70. The van der Waals surface area contributed by atoms with Crippen LogP contribution in [0.2, 0.25) is 5.02 Å². The number of alkyl halides is 3. The molecule has 168 valence electrons. The van der Waals surface area contributed by atoms with Crippen molar-refractivity contribution in [1.29, 1.82) is 0 Å². The first kappa shape index (κ1) is 24.6. The molecule has 0 radical (unpaired) electrons. The van der Waals surface area contributed by atoms with Crippen molar-refractivity contribution < 1.29 is 37.5 Å². The van der Waals surface area contributed by atoms with Gasteiger partial charge in [-0.05, 0) is 43.1 Å². The predicted octanol–water partition coefficient (Wildman–Crippen LogP) is 5.61. The van der Waals surface area contributed by atoms with E-state index in [0.29, 0.717) is 0 Å². The number of nitro groups is 1. The van der Waals surface area contributed by atoms with E-state index < -0.39 is 35.3 Å². The van der Waals surface area contributed by atoms with Crippen molar-refractivity contribution in [2.24, 2.45) is 0 Å². The number of hydrogen-bond acceptors (Lipinski definition) is 7. The summed E-state index contributed by atoms with van der Waals surface area (Å²) in [7, 11) is 0. The van der Waals surface area contributed by atoms with Gasteiger partial charge in [-0.15, -0.1) is 0 Å². The number of ether oxygens (including phenoxy) is 2. The lowest BCUT2D eigenvalue weighted by Crippen LogP contribution is -2.17. The SMILES string of the molecule is CC(CSNc1cc(Oc2ccc(C(F)(F)F)cc2Cl)ccc1[N+](=O)[O-])OCC(=O)O. The van der Waals surface area contributed by atoms with Gasteiger partial charge in [0.2, 0.25) is 0 Å². The largest absolute Gasteiger partial charge is 0.480 e. The van der Waals surface area contributed by atoms with Crippen molar-refractivity contribution in [1.82, 2.24) is 0 Å². The fraction of sp³-hybridized carbons (Fsp3) is 0.278. The number of nitrogens with one attached hydrogen (secondary N) is 1. The minimum absolute atomic E-state index is 0.0576. The average molecular weight is 481 g/mol. The summed E-state index contributed by atoms with van der Waals surface area (Å²) < 4.78 is 51.6. The van der Waals surface area contributed by atoms with E-state index in [1.54, 1.807) is 6.92 Å². The van der Waals surface area contributed by atoms with Gasteiger partial charge in [-0.3, -0.25) is 10.1 Å². The summed E-state index contributed by atoms with van der Waals surface area (Å²) in [6, 6.07) is 6.31. The number of aliphatic carboxylic acids is 1. The van der Waals surface area contributed by atoms with Gasteiger partial charge in [-0.25, -0.2) is 4.79 Å². The monoisotopic (exact) mass is 480 g/mol. The number of carboxylic acids is 1. The van der Waals surface area contributed by atoms with E-state index in [1.807, 2.05) is 0 Å². The second-order valence-corrected chi connectivity index (χ2v) is 7.34. The molecule has 2 rings (SSSR count). The maximum Gasteiger partial charge on any atom is 0.416 e. The Morgan fingerprint density at radius 1 is 1.32 bits per heavy atom. The Morgan fingerprint density at radius 2 is 2.03 bits per heavy atom. The fourth-order valence-corrected chi connectivity index (χ4v) is 3.16.